The van der Waals surface area contributed by atoms with E-state index in [4.69, 9.17) is 14.3 Å². The van der Waals surface area contributed by atoms with Gasteiger partial charge in [0.2, 0.25) is 0 Å². The summed E-state index contributed by atoms with van der Waals surface area (Å²) in [6.45, 7) is 8.19. The lowest BCUT2D eigenvalue weighted by Gasteiger charge is -2.05. The molecule has 0 aromatic carbocycles. The van der Waals surface area contributed by atoms with Gasteiger partial charge in [-0.3, -0.25) is 0 Å². The zero-order valence-electron chi connectivity index (χ0n) is 18.4. The van der Waals surface area contributed by atoms with Gasteiger partial charge in [-0.15, -0.1) is 0 Å². The van der Waals surface area contributed by atoms with Crippen molar-refractivity contribution in [3.8, 4) is 0 Å². The molecule has 1 saturated heterocycles. The Hall–Kier alpha value is -2.07. The van der Waals surface area contributed by atoms with Gasteiger partial charge in [-0.05, 0) is 90.7 Å². The second kappa shape index (κ2) is 11.2. The molecule has 2 heterocycles. The van der Waals surface area contributed by atoms with Gasteiger partial charge in [0.25, 0.3) is 0 Å². The smallest absolute Gasteiger partial charge is 0.330 e. The third-order valence-corrected chi connectivity index (χ3v) is 5.80. The first-order chi connectivity index (χ1) is 13.8. The predicted octanol–water partition coefficient (Wildman–Crippen LogP) is 6.63. The SMILES string of the molecule is C/C(=C\CCc1ccoc1)CC/C=C(\C)CCC1OC1(C)CC/C=C(\C)C(=O)O. The van der Waals surface area contributed by atoms with Crippen molar-refractivity contribution in [1.29, 1.82) is 0 Å². The Balaban J connectivity index is 1.60. The van der Waals surface area contributed by atoms with Crippen molar-refractivity contribution in [3.63, 3.8) is 0 Å². The third kappa shape index (κ3) is 8.45. The van der Waals surface area contributed by atoms with Crippen LogP contribution in [0.2, 0.25) is 0 Å². The lowest BCUT2D eigenvalue weighted by molar-refractivity contribution is -0.132. The summed E-state index contributed by atoms with van der Waals surface area (Å²) in [4.78, 5) is 10.8. The van der Waals surface area contributed by atoms with Crippen molar-refractivity contribution in [2.45, 2.75) is 90.8 Å². The van der Waals surface area contributed by atoms with Crippen molar-refractivity contribution >= 4 is 5.97 Å². The topological polar surface area (TPSA) is 63.0 Å². The van der Waals surface area contributed by atoms with E-state index in [0.29, 0.717) is 11.7 Å². The van der Waals surface area contributed by atoms with Crippen LogP contribution in [-0.2, 0) is 16.0 Å². The van der Waals surface area contributed by atoms with Crippen LogP contribution in [0, 0.1) is 0 Å². The number of rotatable bonds is 13. The van der Waals surface area contributed by atoms with Crippen LogP contribution < -0.4 is 0 Å². The molecule has 1 aliphatic rings. The minimum absolute atomic E-state index is 0.0795. The van der Waals surface area contributed by atoms with E-state index in [0.717, 1.165) is 51.4 Å². The standard InChI is InChI=1S/C25H36O4/c1-19(10-6-12-22-15-17-28-18-22)8-5-9-20(2)13-14-23-25(4,29-23)16-7-11-21(3)24(26)27/h9-11,15,17-18,23H,5-8,12-14,16H2,1-4H3,(H,26,27)/b19-10+,20-9+,21-11+. The Bertz CT molecular complexity index is 739. The van der Waals surface area contributed by atoms with E-state index in [-0.39, 0.29) is 5.60 Å². The van der Waals surface area contributed by atoms with Crippen molar-refractivity contribution in [3.05, 3.63) is 59.1 Å². The maximum absolute atomic E-state index is 10.8. The first-order valence-corrected chi connectivity index (χ1v) is 10.7. The molecule has 4 nitrogen and oxygen atoms in total. The molecule has 1 aromatic rings. The molecule has 0 radical (unpaired) electrons. The molecule has 0 aliphatic carbocycles. The summed E-state index contributed by atoms with van der Waals surface area (Å²) in [7, 11) is 0. The highest BCUT2D eigenvalue weighted by molar-refractivity contribution is 5.85. The van der Waals surface area contributed by atoms with Crippen LogP contribution in [0.15, 0.2) is 58.0 Å². The lowest BCUT2D eigenvalue weighted by atomic mass is 9.96. The van der Waals surface area contributed by atoms with E-state index in [2.05, 4.69) is 32.9 Å². The minimum Gasteiger partial charge on any atom is -0.478 e. The second-order valence-electron chi connectivity index (χ2n) is 8.50. The number of hydrogen-bond acceptors (Lipinski definition) is 3. The Kier molecular flexibility index (Phi) is 8.97. The van der Waals surface area contributed by atoms with Gasteiger partial charge in [0.05, 0.1) is 24.2 Å². The van der Waals surface area contributed by atoms with Gasteiger partial charge in [-0.1, -0.05) is 29.4 Å². The Morgan fingerprint density at radius 1 is 1.10 bits per heavy atom. The number of carbonyl (C=O) groups is 1. The van der Waals surface area contributed by atoms with Crippen LogP contribution in [0.4, 0.5) is 0 Å². The van der Waals surface area contributed by atoms with E-state index in [1.54, 1.807) is 19.3 Å². The Labute approximate surface area is 175 Å². The molecular formula is C25H36O4. The lowest BCUT2D eigenvalue weighted by Crippen LogP contribution is -2.09. The molecule has 0 spiro atoms. The average Bonchev–Trinajstić information content (AvgIpc) is 3.04. The van der Waals surface area contributed by atoms with Crippen LogP contribution in [0.3, 0.4) is 0 Å². The molecule has 1 aromatic heterocycles. The van der Waals surface area contributed by atoms with E-state index in [9.17, 15) is 4.79 Å². The van der Waals surface area contributed by atoms with Gasteiger partial charge in [0.1, 0.15) is 0 Å². The fourth-order valence-electron chi connectivity index (χ4n) is 3.57. The number of allylic oxidation sites excluding steroid dienone is 5. The molecule has 0 saturated carbocycles. The quantitative estimate of drug-likeness (QED) is 0.229. The van der Waals surface area contributed by atoms with E-state index < -0.39 is 5.97 Å². The van der Waals surface area contributed by atoms with Crippen LogP contribution in [0.25, 0.3) is 0 Å². The van der Waals surface area contributed by atoms with Crippen LogP contribution in [-0.4, -0.2) is 22.8 Å². The summed E-state index contributed by atoms with van der Waals surface area (Å²) in [5.74, 6) is -0.841. The van der Waals surface area contributed by atoms with Crippen LogP contribution in [0.5, 0.6) is 0 Å². The summed E-state index contributed by atoms with van der Waals surface area (Å²) < 4.78 is 11.0. The first-order valence-electron chi connectivity index (χ1n) is 10.7. The summed E-state index contributed by atoms with van der Waals surface area (Å²) in [5, 5.41) is 8.90. The van der Waals surface area contributed by atoms with Crippen molar-refractivity contribution in [2.75, 3.05) is 0 Å². The number of epoxide rings is 1. The van der Waals surface area contributed by atoms with Crippen LogP contribution >= 0.6 is 0 Å². The number of aryl methyl sites for hydroxylation is 1. The number of aliphatic carboxylic acids is 1. The number of ether oxygens (including phenoxy) is 1. The van der Waals surface area contributed by atoms with Gasteiger partial charge in [-0.2, -0.15) is 0 Å². The first kappa shape index (κ1) is 23.2. The van der Waals surface area contributed by atoms with E-state index in [1.807, 2.05) is 12.3 Å². The Morgan fingerprint density at radius 2 is 1.83 bits per heavy atom. The Morgan fingerprint density at radius 3 is 2.52 bits per heavy atom. The summed E-state index contributed by atoms with van der Waals surface area (Å²) >= 11 is 0. The number of hydrogen-bond donors (Lipinski definition) is 1. The van der Waals surface area contributed by atoms with Crippen LogP contribution in [0.1, 0.15) is 78.2 Å². The molecule has 1 fully saturated rings. The molecule has 4 heteroatoms. The van der Waals surface area contributed by atoms with Gasteiger partial charge >= 0.3 is 5.97 Å². The number of furan rings is 1. The molecule has 29 heavy (non-hydrogen) atoms. The molecular weight excluding hydrogens is 364 g/mol. The number of carboxylic acids is 1. The van der Waals surface area contributed by atoms with E-state index >= 15 is 0 Å². The molecule has 160 valence electrons. The molecule has 2 atom stereocenters. The maximum Gasteiger partial charge on any atom is 0.330 e. The van der Waals surface area contributed by atoms with Gasteiger partial charge in [0.15, 0.2) is 0 Å². The summed E-state index contributed by atoms with van der Waals surface area (Å²) in [6.07, 6.45) is 18.4. The molecule has 1 aliphatic heterocycles. The number of carboxylic acid groups (broad SMARTS) is 1. The van der Waals surface area contributed by atoms with Crippen molar-refractivity contribution in [1.82, 2.24) is 0 Å². The van der Waals surface area contributed by atoms with Gasteiger partial charge in [-0.25, -0.2) is 4.79 Å². The zero-order chi connectivity index (χ0) is 21.3. The highest BCUT2D eigenvalue weighted by Gasteiger charge is 2.50. The monoisotopic (exact) mass is 400 g/mol. The van der Waals surface area contributed by atoms with Crippen molar-refractivity contribution < 1.29 is 19.1 Å². The molecule has 0 bridgehead atoms. The molecule has 0 amide bonds. The highest BCUT2D eigenvalue weighted by Crippen LogP contribution is 2.43. The normalized spacial score (nSPS) is 22.8. The fraction of sp³-hybridized carbons (Fsp3) is 0.560. The summed E-state index contributed by atoms with van der Waals surface area (Å²) in [5.41, 5.74) is 4.46. The summed E-state index contributed by atoms with van der Waals surface area (Å²) in [6, 6.07) is 2.03. The largest absolute Gasteiger partial charge is 0.478 e. The molecule has 2 unspecified atom stereocenters. The van der Waals surface area contributed by atoms with E-state index in [1.165, 1.54) is 16.7 Å². The predicted molar refractivity (Wildman–Crippen MR) is 117 cm³/mol. The second-order valence-corrected chi connectivity index (χ2v) is 8.50. The fourth-order valence-corrected chi connectivity index (χ4v) is 3.57. The zero-order valence-corrected chi connectivity index (χ0v) is 18.4. The third-order valence-electron chi connectivity index (χ3n) is 5.80. The molecule has 2 rings (SSSR count). The minimum atomic E-state index is -0.841. The molecule has 1 N–H and O–H groups in total. The van der Waals surface area contributed by atoms with Gasteiger partial charge in [0, 0.05) is 5.57 Å². The van der Waals surface area contributed by atoms with Gasteiger partial charge < -0.3 is 14.3 Å². The van der Waals surface area contributed by atoms with Crippen molar-refractivity contribution in [2.24, 2.45) is 0 Å². The highest BCUT2D eigenvalue weighted by atomic mass is 16.6. The maximum atomic E-state index is 10.8. The average molecular weight is 401 g/mol.